The summed E-state index contributed by atoms with van der Waals surface area (Å²) in [7, 11) is 0. The molecule has 0 atom stereocenters. The third kappa shape index (κ3) is 4.03. The Bertz CT molecular complexity index is 1650. The third-order valence-corrected chi connectivity index (χ3v) is 7.64. The van der Waals surface area contributed by atoms with Gasteiger partial charge in [0.05, 0.1) is 11.1 Å². The molecule has 3 heterocycles. The van der Waals surface area contributed by atoms with Gasteiger partial charge in [-0.3, -0.25) is 4.79 Å². The summed E-state index contributed by atoms with van der Waals surface area (Å²) in [5, 5.41) is 10.4. The van der Waals surface area contributed by atoms with Gasteiger partial charge in [0.2, 0.25) is 5.76 Å². The first kappa shape index (κ1) is 27.6. The Kier molecular flexibility index (Phi) is 6.43. The van der Waals surface area contributed by atoms with Crippen LogP contribution in [0.3, 0.4) is 0 Å². The molecule has 5 rings (SSSR count). The van der Waals surface area contributed by atoms with Crippen molar-refractivity contribution < 1.29 is 36.4 Å². The predicted octanol–water partition coefficient (Wildman–Crippen LogP) is 6.52. The highest BCUT2D eigenvalue weighted by molar-refractivity contribution is 6.20. The first-order chi connectivity index (χ1) is 18.7. The number of halogens is 4. The van der Waals surface area contributed by atoms with Crippen molar-refractivity contribution in [2.24, 2.45) is 0 Å². The number of nitrogens with zero attached hydrogens (tertiary/aromatic N) is 2. The van der Waals surface area contributed by atoms with E-state index in [1.807, 2.05) is 12.1 Å². The molecule has 6 nitrogen and oxygen atoms in total. The van der Waals surface area contributed by atoms with E-state index < -0.39 is 34.7 Å². The van der Waals surface area contributed by atoms with Gasteiger partial charge in [-0.15, -0.1) is 0 Å². The molecule has 40 heavy (non-hydrogen) atoms. The van der Waals surface area contributed by atoms with Gasteiger partial charge in [0.15, 0.2) is 12.4 Å². The summed E-state index contributed by atoms with van der Waals surface area (Å²) >= 11 is 0. The van der Waals surface area contributed by atoms with E-state index in [9.17, 15) is 32.3 Å². The lowest BCUT2D eigenvalue weighted by Crippen LogP contribution is -2.45. The van der Waals surface area contributed by atoms with Crippen LogP contribution in [0.4, 0.5) is 23.2 Å². The zero-order valence-electron chi connectivity index (χ0n) is 22.5. The zero-order valence-corrected chi connectivity index (χ0v) is 22.5. The molecule has 0 amide bonds. The summed E-state index contributed by atoms with van der Waals surface area (Å²) in [6.07, 6.45) is 7.21. The Balaban J connectivity index is 1.58. The van der Waals surface area contributed by atoms with Crippen molar-refractivity contribution >= 4 is 33.7 Å². The number of allylic oxidation sites excluding steroid dienone is 3. The fourth-order valence-corrected chi connectivity index (χ4v) is 5.44. The summed E-state index contributed by atoms with van der Waals surface area (Å²) in [6.45, 7) is 9.37. The Morgan fingerprint density at radius 1 is 0.975 bits per heavy atom. The SMILES string of the molecule is CCCCN1c2cc3oc(=O)c(-c4cc[n+](C5=C(O)C(F)(F)C(F)(F)C5=O)cc4)cc3cc2C(CC)=CC1(C)C. The highest BCUT2D eigenvalue weighted by Gasteiger charge is 2.74. The number of benzene rings is 1. The summed E-state index contributed by atoms with van der Waals surface area (Å²) in [4.78, 5) is 27.3. The number of hydrogen-bond acceptors (Lipinski definition) is 5. The van der Waals surface area contributed by atoms with Crippen LogP contribution in [-0.2, 0) is 4.79 Å². The second-order valence-corrected chi connectivity index (χ2v) is 10.7. The summed E-state index contributed by atoms with van der Waals surface area (Å²) in [6, 6.07) is 8.12. The first-order valence-corrected chi connectivity index (χ1v) is 13.1. The van der Waals surface area contributed by atoms with Crippen molar-refractivity contribution in [1.29, 1.82) is 0 Å². The van der Waals surface area contributed by atoms with Crippen molar-refractivity contribution in [1.82, 2.24) is 0 Å². The number of pyridine rings is 1. The fraction of sp³-hybridized carbons (Fsp3) is 0.367. The van der Waals surface area contributed by atoms with Crippen LogP contribution in [0.25, 0.3) is 33.4 Å². The molecule has 0 saturated carbocycles. The van der Waals surface area contributed by atoms with E-state index in [0.717, 1.165) is 49.5 Å². The van der Waals surface area contributed by atoms with Crippen LogP contribution >= 0.6 is 0 Å². The molecule has 0 fully saturated rings. The summed E-state index contributed by atoms with van der Waals surface area (Å²) in [5.74, 6) is -14.3. The minimum absolute atomic E-state index is 0.159. The van der Waals surface area contributed by atoms with Crippen molar-refractivity contribution in [2.75, 3.05) is 11.4 Å². The van der Waals surface area contributed by atoms with E-state index in [0.29, 0.717) is 21.1 Å². The largest absolute Gasteiger partial charge is 0.501 e. The van der Waals surface area contributed by atoms with Crippen molar-refractivity contribution in [3.05, 3.63) is 70.5 Å². The smallest absolute Gasteiger partial charge is 0.385 e. The lowest BCUT2D eigenvalue weighted by molar-refractivity contribution is -0.578. The summed E-state index contributed by atoms with van der Waals surface area (Å²) < 4.78 is 61.5. The summed E-state index contributed by atoms with van der Waals surface area (Å²) in [5.41, 5.74) is 1.98. The number of carbonyl (C=O) groups is 1. The van der Waals surface area contributed by atoms with E-state index in [1.54, 1.807) is 6.07 Å². The Hall–Kier alpha value is -3.95. The van der Waals surface area contributed by atoms with Crippen LogP contribution in [0.2, 0.25) is 0 Å². The molecule has 2 aliphatic rings. The molecule has 0 radical (unpaired) electrons. The lowest BCUT2D eigenvalue weighted by atomic mass is 9.86. The monoisotopic (exact) mass is 557 g/mol. The van der Waals surface area contributed by atoms with Crippen LogP contribution in [-0.4, -0.2) is 34.8 Å². The van der Waals surface area contributed by atoms with Crippen LogP contribution in [0, 0.1) is 0 Å². The minimum atomic E-state index is -5.07. The fourth-order valence-electron chi connectivity index (χ4n) is 5.44. The number of aliphatic hydroxyl groups is 1. The topological polar surface area (TPSA) is 74.6 Å². The maximum Gasteiger partial charge on any atom is 0.385 e. The van der Waals surface area contributed by atoms with Gasteiger partial charge >= 0.3 is 29.0 Å². The Morgan fingerprint density at radius 3 is 2.20 bits per heavy atom. The molecule has 2 aromatic heterocycles. The number of aromatic nitrogens is 1. The van der Waals surface area contributed by atoms with Gasteiger partial charge in [-0.25, -0.2) is 4.79 Å². The third-order valence-electron chi connectivity index (χ3n) is 7.64. The van der Waals surface area contributed by atoms with E-state index in [-0.39, 0.29) is 11.1 Å². The molecule has 1 aliphatic carbocycles. The molecule has 210 valence electrons. The van der Waals surface area contributed by atoms with Gasteiger partial charge < -0.3 is 14.4 Å². The normalized spacial score (nSPS) is 19.2. The van der Waals surface area contributed by atoms with Gasteiger partial charge in [0, 0.05) is 46.9 Å². The Labute approximate surface area is 227 Å². The van der Waals surface area contributed by atoms with E-state index >= 15 is 0 Å². The number of ketones is 1. The van der Waals surface area contributed by atoms with Gasteiger partial charge in [-0.2, -0.15) is 22.1 Å². The highest BCUT2D eigenvalue weighted by atomic mass is 19.3. The molecule has 3 aromatic rings. The average molecular weight is 558 g/mol. The number of hydrogen-bond donors (Lipinski definition) is 1. The van der Waals surface area contributed by atoms with E-state index in [1.165, 1.54) is 17.7 Å². The molecule has 10 heteroatoms. The van der Waals surface area contributed by atoms with E-state index in [2.05, 4.69) is 38.7 Å². The number of anilines is 1. The maximum absolute atomic E-state index is 13.8. The molecular weight excluding hydrogens is 528 g/mol. The second-order valence-electron chi connectivity index (χ2n) is 10.7. The minimum Gasteiger partial charge on any atom is -0.501 e. The van der Waals surface area contributed by atoms with Crippen LogP contribution < -0.4 is 15.1 Å². The highest BCUT2D eigenvalue weighted by Crippen LogP contribution is 2.48. The number of alkyl halides is 4. The maximum atomic E-state index is 13.8. The van der Waals surface area contributed by atoms with E-state index in [4.69, 9.17) is 4.42 Å². The lowest BCUT2D eigenvalue weighted by Gasteiger charge is -2.44. The number of carbonyl (C=O) groups excluding carboxylic acids is 1. The van der Waals surface area contributed by atoms with Gasteiger partial charge in [0.25, 0.3) is 0 Å². The van der Waals surface area contributed by atoms with Crippen molar-refractivity contribution in [3.63, 3.8) is 0 Å². The van der Waals surface area contributed by atoms with Crippen LogP contribution in [0.5, 0.6) is 0 Å². The van der Waals surface area contributed by atoms with Gasteiger partial charge in [-0.1, -0.05) is 26.3 Å². The van der Waals surface area contributed by atoms with Gasteiger partial charge in [-0.05, 0) is 44.4 Å². The van der Waals surface area contributed by atoms with Crippen LogP contribution in [0.15, 0.2) is 63.8 Å². The molecule has 0 unspecified atom stereocenters. The van der Waals surface area contributed by atoms with Crippen molar-refractivity contribution in [2.45, 2.75) is 64.3 Å². The molecule has 1 aliphatic heterocycles. The molecular formula is C30H29F4N2O4+. The second kappa shape index (κ2) is 9.31. The molecule has 0 spiro atoms. The number of unbranched alkanes of at least 4 members (excludes halogenated alkanes) is 1. The molecule has 1 aromatic carbocycles. The molecule has 0 bridgehead atoms. The number of Topliss-reactive ketones (excluding diaryl/α,β-unsaturated/α-hetero) is 1. The number of aliphatic hydroxyl groups excluding tert-OH is 1. The Morgan fingerprint density at radius 2 is 1.62 bits per heavy atom. The van der Waals surface area contributed by atoms with Crippen molar-refractivity contribution in [3.8, 4) is 11.1 Å². The predicted molar refractivity (Wildman–Crippen MR) is 143 cm³/mol. The van der Waals surface area contributed by atoms with Crippen LogP contribution in [0.1, 0.15) is 52.5 Å². The molecule has 1 N–H and O–H groups in total. The standard InChI is InChI=1S/C30H28F4N2O4/c1-5-7-10-36-22-15-23-19(13-20(22)17(6-2)16-28(36,3)4)14-21(27(39)40-23)18-8-11-35(12-9-18)24-25(37)29(31,32)30(33,34)26(24)38/h8-9,11-16H,5-7,10H2,1-4H3/p+1. The quantitative estimate of drug-likeness (QED) is 0.212. The first-order valence-electron chi connectivity index (χ1n) is 13.1. The van der Waals surface area contributed by atoms with Gasteiger partial charge in [0.1, 0.15) is 5.58 Å². The number of rotatable bonds is 6. The average Bonchev–Trinajstić information content (AvgIpc) is 3.02. The number of fused-ring (bicyclic) bond motifs is 2. The molecule has 0 saturated heterocycles. The zero-order chi connectivity index (χ0) is 29.2.